The Hall–Kier alpha value is -0.830. The zero-order valence-corrected chi connectivity index (χ0v) is 9.85. The molecule has 1 atom stereocenters. The van der Waals surface area contributed by atoms with Gasteiger partial charge in [-0.05, 0) is 18.6 Å². The van der Waals surface area contributed by atoms with Crippen LogP contribution in [0.1, 0.15) is 22.1 Å². The van der Waals surface area contributed by atoms with Gasteiger partial charge in [0.15, 0.2) is 0 Å². The summed E-state index contributed by atoms with van der Waals surface area (Å²) < 4.78 is 0. The predicted molar refractivity (Wildman–Crippen MR) is 64.6 cm³/mol. The van der Waals surface area contributed by atoms with E-state index >= 15 is 0 Å². The molecule has 2 rings (SSSR count). The van der Waals surface area contributed by atoms with Crippen LogP contribution in [-0.2, 0) is 0 Å². The maximum absolute atomic E-state index is 10.0. The molecule has 78 valence electrons. The summed E-state index contributed by atoms with van der Waals surface area (Å²) in [6, 6.07) is 9.67. The first-order chi connectivity index (χ1) is 7.16. The van der Waals surface area contributed by atoms with Gasteiger partial charge in [-0.1, -0.05) is 41.4 Å². The van der Waals surface area contributed by atoms with Crippen LogP contribution in [0, 0.1) is 6.92 Å². The van der Waals surface area contributed by atoms with Crippen molar-refractivity contribution in [3.63, 3.8) is 0 Å². The Morgan fingerprint density at radius 2 is 1.93 bits per heavy atom. The van der Waals surface area contributed by atoms with Gasteiger partial charge < -0.3 is 5.11 Å². The first-order valence-electron chi connectivity index (χ1n) is 4.65. The average Bonchev–Trinajstić information content (AvgIpc) is 2.65. The number of hydrogen-bond donors (Lipinski definition) is 1. The molecule has 0 aliphatic heterocycles. The van der Waals surface area contributed by atoms with Crippen LogP contribution in [0.5, 0.6) is 0 Å². The van der Waals surface area contributed by atoms with Crippen molar-refractivity contribution in [2.45, 2.75) is 13.0 Å². The molecule has 3 heteroatoms. The van der Waals surface area contributed by atoms with E-state index in [1.807, 2.05) is 36.6 Å². The molecule has 1 N–H and O–H groups in total. The van der Waals surface area contributed by atoms with E-state index in [-0.39, 0.29) is 0 Å². The largest absolute Gasteiger partial charge is 0.383 e. The number of hydrogen-bond acceptors (Lipinski definition) is 2. The molecule has 1 aromatic heterocycles. The minimum absolute atomic E-state index is 0.567. The Kier molecular flexibility index (Phi) is 3.10. The highest BCUT2D eigenvalue weighted by atomic mass is 35.5. The summed E-state index contributed by atoms with van der Waals surface area (Å²) in [5.41, 5.74) is 2.09. The van der Waals surface area contributed by atoms with E-state index in [4.69, 9.17) is 11.6 Å². The van der Waals surface area contributed by atoms with Gasteiger partial charge in [0.05, 0.1) is 5.02 Å². The van der Waals surface area contributed by atoms with Crippen LogP contribution in [0.4, 0.5) is 0 Å². The molecule has 0 spiro atoms. The van der Waals surface area contributed by atoms with Crippen LogP contribution in [0.15, 0.2) is 35.7 Å². The molecule has 0 aliphatic rings. The lowest BCUT2D eigenvalue weighted by molar-refractivity contribution is 0.224. The molecule has 1 unspecified atom stereocenters. The summed E-state index contributed by atoms with van der Waals surface area (Å²) in [6.45, 7) is 2.03. The van der Waals surface area contributed by atoms with Crippen molar-refractivity contribution in [3.05, 3.63) is 56.7 Å². The third-order valence-electron chi connectivity index (χ3n) is 2.25. The quantitative estimate of drug-likeness (QED) is 0.844. The van der Waals surface area contributed by atoms with Crippen molar-refractivity contribution in [1.82, 2.24) is 0 Å². The van der Waals surface area contributed by atoms with Crippen LogP contribution in [0.2, 0.25) is 5.02 Å². The van der Waals surface area contributed by atoms with Crippen molar-refractivity contribution in [2.24, 2.45) is 0 Å². The Bertz CT molecular complexity index is 447. The van der Waals surface area contributed by atoms with Gasteiger partial charge in [-0.25, -0.2) is 0 Å². The maximum atomic E-state index is 10.0. The third-order valence-corrected chi connectivity index (χ3v) is 3.58. The minimum atomic E-state index is -0.567. The normalized spacial score (nSPS) is 12.7. The van der Waals surface area contributed by atoms with E-state index in [9.17, 15) is 5.11 Å². The summed E-state index contributed by atoms with van der Waals surface area (Å²) in [5, 5.41) is 12.6. The highest BCUT2D eigenvalue weighted by Gasteiger charge is 2.11. The molecule has 1 heterocycles. The second-order valence-electron chi connectivity index (χ2n) is 3.48. The number of rotatable bonds is 2. The molecule has 0 fully saturated rings. The molecule has 0 saturated heterocycles. The van der Waals surface area contributed by atoms with E-state index < -0.39 is 6.10 Å². The standard InChI is InChI=1S/C12H11ClOS/c1-8-2-4-9(5-3-8)12(14)11-6-10(13)7-15-11/h2-7,12,14H,1H3. The lowest BCUT2D eigenvalue weighted by Crippen LogP contribution is -1.96. The topological polar surface area (TPSA) is 20.2 Å². The molecule has 2 aromatic rings. The van der Waals surface area contributed by atoms with E-state index in [0.29, 0.717) is 5.02 Å². The maximum Gasteiger partial charge on any atom is 0.113 e. The first kappa shape index (κ1) is 10.7. The summed E-state index contributed by atoms with van der Waals surface area (Å²) in [7, 11) is 0. The third kappa shape index (κ3) is 2.40. The second kappa shape index (κ2) is 4.35. The number of aliphatic hydroxyl groups is 1. The van der Waals surface area contributed by atoms with Crippen LogP contribution >= 0.6 is 22.9 Å². The molecular weight excluding hydrogens is 228 g/mol. The molecule has 0 saturated carbocycles. The highest BCUT2D eigenvalue weighted by Crippen LogP contribution is 2.29. The Morgan fingerprint density at radius 3 is 2.47 bits per heavy atom. The van der Waals surface area contributed by atoms with Gasteiger partial charge in [0.2, 0.25) is 0 Å². The van der Waals surface area contributed by atoms with Crippen LogP contribution < -0.4 is 0 Å². The number of aliphatic hydroxyl groups excluding tert-OH is 1. The van der Waals surface area contributed by atoms with E-state index in [1.165, 1.54) is 16.9 Å². The van der Waals surface area contributed by atoms with E-state index in [0.717, 1.165) is 10.4 Å². The summed E-state index contributed by atoms with van der Waals surface area (Å²) >= 11 is 7.29. The molecule has 1 aromatic carbocycles. The van der Waals surface area contributed by atoms with Crippen LogP contribution in [0.25, 0.3) is 0 Å². The van der Waals surface area contributed by atoms with Crippen molar-refractivity contribution >= 4 is 22.9 Å². The summed E-state index contributed by atoms with van der Waals surface area (Å²) in [5.74, 6) is 0. The van der Waals surface area contributed by atoms with Gasteiger partial charge >= 0.3 is 0 Å². The van der Waals surface area contributed by atoms with Crippen molar-refractivity contribution in [1.29, 1.82) is 0 Å². The van der Waals surface area contributed by atoms with Crippen LogP contribution in [-0.4, -0.2) is 5.11 Å². The first-order valence-corrected chi connectivity index (χ1v) is 5.91. The van der Waals surface area contributed by atoms with Crippen molar-refractivity contribution < 1.29 is 5.11 Å². The Labute approximate surface area is 98.0 Å². The monoisotopic (exact) mass is 238 g/mol. The zero-order chi connectivity index (χ0) is 10.8. The molecule has 0 aliphatic carbocycles. The number of halogens is 1. The molecule has 0 bridgehead atoms. The van der Waals surface area contributed by atoms with Gasteiger partial charge in [0.25, 0.3) is 0 Å². The molecule has 1 nitrogen and oxygen atoms in total. The minimum Gasteiger partial charge on any atom is -0.383 e. The SMILES string of the molecule is Cc1ccc(C(O)c2cc(Cl)cs2)cc1. The van der Waals surface area contributed by atoms with Gasteiger partial charge in [0.1, 0.15) is 6.10 Å². The Morgan fingerprint density at radius 1 is 1.27 bits per heavy atom. The van der Waals surface area contributed by atoms with Gasteiger partial charge in [-0.3, -0.25) is 0 Å². The summed E-state index contributed by atoms with van der Waals surface area (Å²) in [4.78, 5) is 0.879. The van der Waals surface area contributed by atoms with Crippen LogP contribution in [0.3, 0.4) is 0 Å². The predicted octanol–water partition coefficient (Wildman–Crippen LogP) is 3.79. The zero-order valence-electron chi connectivity index (χ0n) is 8.27. The smallest absolute Gasteiger partial charge is 0.113 e. The highest BCUT2D eigenvalue weighted by molar-refractivity contribution is 7.10. The molecule has 0 amide bonds. The number of aryl methyl sites for hydroxylation is 1. The van der Waals surface area contributed by atoms with Crippen molar-refractivity contribution in [2.75, 3.05) is 0 Å². The molecular formula is C12H11ClOS. The average molecular weight is 239 g/mol. The fourth-order valence-electron chi connectivity index (χ4n) is 1.38. The molecule has 15 heavy (non-hydrogen) atoms. The number of thiophene rings is 1. The van der Waals surface area contributed by atoms with Gasteiger partial charge in [-0.15, -0.1) is 11.3 Å². The summed E-state index contributed by atoms with van der Waals surface area (Å²) in [6.07, 6.45) is -0.567. The fourth-order valence-corrected chi connectivity index (χ4v) is 2.48. The Balaban J connectivity index is 2.28. The fraction of sp³-hybridized carbons (Fsp3) is 0.167. The van der Waals surface area contributed by atoms with E-state index in [1.54, 1.807) is 6.07 Å². The molecule has 0 radical (unpaired) electrons. The lowest BCUT2D eigenvalue weighted by Gasteiger charge is -2.08. The second-order valence-corrected chi connectivity index (χ2v) is 4.86. The van der Waals surface area contributed by atoms with Gasteiger partial charge in [-0.2, -0.15) is 0 Å². The number of benzene rings is 1. The van der Waals surface area contributed by atoms with Crippen molar-refractivity contribution in [3.8, 4) is 0 Å². The van der Waals surface area contributed by atoms with Gasteiger partial charge in [0, 0.05) is 10.3 Å². The lowest BCUT2D eigenvalue weighted by atomic mass is 10.1. The van der Waals surface area contributed by atoms with E-state index in [2.05, 4.69) is 0 Å².